The van der Waals surface area contributed by atoms with E-state index in [4.69, 9.17) is 9.47 Å². The SMILES string of the molecule is COc1nc(N2CCOC(CO)C2)cc(-n2ncc3cc(C)c(C4CCN(C(=O)O)CC4F)cc32)n1. The lowest BCUT2D eigenvalue weighted by Gasteiger charge is -2.34. The number of ether oxygens (including phenoxy) is 2. The van der Waals surface area contributed by atoms with Crippen LogP contribution in [-0.2, 0) is 4.74 Å². The Morgan fingerprint density at radius 3 is 2.75 bits per heavy atom. The number of halogens is 1. The number of rotatable bonds is 5. The number of fused-ring (bicyclic) bond motifs is 1. The number of carboxylic acid groups (broad SMARTS) is 1. The summed E-state index contributed by atoms with van der Waals surface area (Å²) in [7, 11) is 1.49. The van der Waals surface area contributed by atoms with Gasteiger partial charge in [0.2, 0.25) is 0 Å². The lowest BCUT2D eigenvalue weighted by molar-refractivity contribution is 0.00333. The second kappa shape index (κ2) is 9.86. The smallest absolute Gasteiger partial charge is 0.407 e. The van der Waals surface area contributed by atoms with E-state index < -0.39 is 18.2 Å². The fraction of sp³-hybridized carbons (Fsp3) is 0.500. The van der Waals surface area contributed by atoms with Crippen molar-refractivity contribution in [3.05, 3.63) is 35.5 Å². The Bertz CT molecular complexity index is 1270. The van der Waals surface area contributed by atoms with Gasteiger partial charge in [-0.15, -0.1) is 0 Å². The van der Waals surface area contributed by atoms with Crippen molar-refractivity contribution >= 4 is 22.8 Å². The van der Waals surface area contributed by atoms with E-state index in [1.807, 2.05) is 24.0 Å². The highest BCUT2D eigenvalue weighted by Gasteiger charge is 2.33. The first-order chi connectivity index (χ1) is 17.4. The van der Waals surface area contributed by atoms with Crippen LogP contribution in [0.1, 0.15) is 23.5 Å². The van der Waals surface area contributed by atoms with Gasteiger partial charge in [0.15, 0.2) is 5.82 Å². The molecule has 2 N–H and O–H groups in total. The number of hydrogen-bond donors (Lipinski definition) is 2. The normalized spacial score (nSPS) is 22.7. The van der Waals surface area contributed by atoms with Gasteiger partial charge in [-0.2, -0.15) is 15.1 Å². The molecule has 1 aromatic carbocycles. The van der Waals surface area contributed by atoms with E-state index in [1.165, 1.54) is 7.11 Å². The minimum atomic E-state index is -1.30. The molecule has 4 heterocycles. The third-order valence-electron chi connectivity index (χ3n) is 6.91. The van der Waals surface area contributed by atoms with Crippen LogP contribution in [0.15, 0.2) is 24.4 Å². The number of aliphatic hydroxyl groups is 1. The highest BCUT2D eigenvalue weighted by atomic mass is 19.1. The predicted molar refractivity (Wildman–Crippen MR) is 129 cm³/mol. The zero-order chi connectivity index (χ0) is 25.4. The molecule has 2 aliphatic heterocycles. The molecule has 192 valence electrons. The molecule has 36 heavy (non-hydrogen) atoms. The Balaban J connectivity index is 1.52. The molecule has 2 fully saturated rings. The number of alkyl halides is 1. The van der Waals surface area contributed by atoms with Gasteiger partial charge in [0.1, 0.15) is 12.0 Å². The molecule has 1 amide bonds. The van der Waals surface area contributed by atoms with Crippen LogP contribution >= 0.6 is 0 Å². The molecule has 2 aliphatic rings. The number of anilines is 1. The monoisotopic (exact) mass is 500 g/mol. The molecule has 0 saturated carbocycles. The number of nitrogens with zero attached hydrogens (tertiary/aromatic N) is 6. The fourth-order valence-electron chi connectivity index (χ4n) is 5.02. The highest BCUT2D eigenvalue weighted by molar-refractivity contribution is 5.82. The second-order valence-electron chi connectivity index (χ2n) is 9.16. The summed E-state index contributed by atoms with van der Waals surface area (Å²) in [5, 5.41) is 24.2. The molecular weight excluding hydrogens is 471 g/mol. The zero-order valence-electron chi connectivity index (χ0n) is 20.2. The van der Waals surface area contributed by atoms with Crippen LogP contribution in [0.3, 0.4) is 0 Å². The first kappa shape index (κ1) is 24.2. The van der Waals surface area contributed by atoms with E-state index in [2.05, 4.69) is 15.1 Å². The van der Waals surface area contributed by atoms with Crippen molar-refractivity contribution in [1.29, 1.82) is 0 Å². The van der Waals surface area contributed by atoms with Crippen LogP contribution in [0.4, 0.5) is 15.0 Å². The van der Waals surface area contributed by atoms with Crippen molar-refractivity contribution in [2.75, 3.05) is 51.4 Å². The van der Waals surface area contributed by atoms with Crippen molar-refractivity contribution in [2.24, 2.45) is 0 Å². The molecule has 3 unspecified atom stereocenters. The number of aliphatic hydroxyl groups excluding tert-OH is 1. The first-order valence-corrected chi connectivity index (χ1v) is 11.9. The molecule has 2 aromatic heterocycles. The summed E-state index contributed by atoms with van der Waals surface area (Å²) in [6.07, 6.45) is -0.561. The molecule has 3 aromatic rings. The lowest BCUT2D eigenvalue weighted by atomic mass is 9.85. The molecule has 3 atom stereocenters. The number of piperidine rings is 1. The number of aryl methyl sites for hydroxylation is 1. The lowest BCUT2D eigenvalue weighted by Crippen LogP contribution is -2.44. The predicted octanol–water partition coefficient (Wildman–Crippen LogP) is 2.14. The Labute approximate surface area is 207 Å². The maximum Gasteiger partial charge on any atom is 0.407 e. The van der Waals surface area contributed by atoms with Gasteiger partial charge in [-0.05, 0) is 36.6 Å². The van der Waals surface area contributed by atoms with Crippen LogP contribution in [0, 0.1) is 6.92 Å². The molecule has 12 heteroatoms. The minimum Gasteiger partial charge on any atom is -0.467 e. The van der Waals surface area contributed by atoms with Gasteiger partial charge in [0, 0.05) is 37.0 Å². The topological polar surface area (TPSA) is 126 Å². The van der Waals surface area contributed by atoms with Gasteiger partial charge < -0.3 is 29.5 Å². The molecule has 5 rings (SSSR count). The number of likely N-dealkylation sites (tertiary alicyclic amines) is 1. The summed E-state index contributed by atoms with van der Waals surface area (Å²) in [5.74, 6) is 0.707. The van der Waals surface area contributed by atoms with Gasteiger partial charge >= 0.3 is 12.1 Å². The Kier molecular flexibility index (Phi) is 6.63. The van der Waals surface area contributed by atoms with E-state index in [-0.39, 0.29) is 31.8 Å². The van der Waals surface area contributed by atoms with E-state index in [0.29, 0.717) is 37.8 Å². The number of morpholine rings is 1. The summed E-state index contributed by atoms with van der Waals surface area (Å²) in [4.78, 5) is 23.4. The summed E-state index contributed by atoms with van der Waals surface area (Å²) in [6.45, 7) is 3.54. The summed E-state index contributed by atoms with van der Waals surface area (Å²) in [5.41, 5.74) is 2.52. The highest BCUT2D eigenvalue weighted by Crippen LogP contribution is 2.35. The molecule has 11 nitrogen and oxygen atoms in total. The van der Waals surface area contributed by atoms with Gasteiger partial charge in [-0.1, -0.05) is 0 Å². The van der Waals surface area contributed by atoms with Crippen molar-refractivity contribution in [3.63, 3.8) is 0 Å². The van der Waals surface area contributed by atoms with E-state index >= 15 is 4.39 Å². The number of amides is 1. The van der Waals surface area contributed by atoms with Crippen LogP contribution in [0.25, 0.3) is 16.7 Å². The van der Waals surface area contributed by atoms with Crippen molar-refractivity contribution in [3.8, 4) is 11.8 Å². The van der Waals surface area contributed by atoms with Crippen LogP contribution in [0.5, 0.6) is 6.01 Å². The Hall–Kier alpha value is -3.51. The maximum atomic E-state index is 15.1. The van der Waals surface area contributed by atoms with Crippen LogP contribution < -0.4 is 9.64 Å². The zero-order valence-corrected chi connectivity index (χ0v) is 20.2. The molecular formula is C24H29FN6O5. The van der Waals surface area contributed by atoms with E-state index in [1.54, 1.807) is 16.9 Å². The van der Waals surface area contributed by atoms with Crippen molar-refractivity contribution in [1.82, 2.24) is 24.6 Å². The summed E-state index contributed by atoms with van der Waals surface area (Å²) >= 11 is 0. The standard InChI is InChI=1S/C24H29FN6O5/c1-14-7-15-10-26-31(20(15)8-18(14)17-3-4-30(24(33)34)12-19(17)25)22-9-21(27-23(28-22)35-2)29-5-6-36-16(11-29)13-32/h7-10,16-17,19,32H,3-6,11-13H2,1-2H3,(H,33,34). The third-order valence-corrected chi connectivity index (χ3v) is 6.91. The molecule has 0 aliphatic carbocycles. The number of benzene rings is 1. The minimum absolute atomic E-state index is 0.0849. The number of aromatic nitrogens is 4. The van der Waals surface area contributed by atoms with Gasteiger partial charge in [-0.25, -0.2) is 13.9 Å². The third kappa shape index (κ3) is 4.53. The average Bonchev–Trinajstić information content (AvgIpc) is 3.30. The Morgan fingerprint density at radius 2 is 2.03 bits per heavy atom. The number of methoxy groups -OCH3 is 1. The molecule has 0 spiro atoms. The average molecular weight is 501 g/mol. The number of carbonyl (C=O) groups is 1. The Morgan fingerprint density at radius 1 is 1.22 bits per heavy atom. The van der Waals surface area contributed by atoms with Crippen LogP contribution in [0.2, 0.25) is 0 Å². The second-order valence-corrected chi connectivity index (χ2v) is 9.16. The molecule has 0 radical (unpaired) electrons. The van der Waals surface area contributed by atoms with Gasteiger partial charge in [-0.3, -0.25) is 0 Å². The number of hydrogen-bond acceptors (Lipinski definition) is 8. The van der Waals surface area contributed by atoms with Crippen molar-refractivity contribution in [2.45, 2.75) is 31.5 Å². The maximum absolute atomic E-state index is 15.1. The summed E-state index contributed by atoms with van der Waals surface area (Å²) in [6, 6.07) is 5.88. The van der Waals surface area contributed by atoms with Crippen molar-refractivity contribution < 1.29 is 28.9 Å². The van der Waals surface area contributed by atoms with E-state index in [0.717, 1.165) is 26.9 Å². The quantitative estimate of drug-likeness (QED) is 0.542. The first-order valence-electron chi connectivity index (χ1n) is 11.9. The largest absolute Gasteiger partial charge is 0.467 e. The van der Waals surface area contributed by atoms with Gasteiger partial charge in [0.25, 0.3) is 0 Å². The van der Waals surface area contributed by atoms with E-state index in [9.17, 15) is 15.0 Å². The fourth-order valence-corrected chi connectivity index (χ4v) is 5.02. The molecule has 0 bridgehead atoms. The molecule has 2 saturated heterocycles. The summed E-state index contributed by atoms with van der Waals surface area (Å²) < 4.78 is 27.7. The van der Waals surface area contributed by atoms with Crippen LogP contribution in [-0.4, -0.2) is 99.7 Å². The van der Waals surface area contributed by atoms with Gasteiger partial charge in [0.05, 0.1) is 44.7 Å².